The lowest BCUT2D eigenvalue weighted by molar-refractivity contribution is -0.00200. The summed E-state index contributed by atoms with van der Waals surface area (Å²) in [4.78, 5) is 0. The monoisotopic (exact) mass is 202 g/mol. The third kappa shape index (κ3) is 0.898. The lowest BCUT2D eigenvalue weighted by atomic mass is 9.51. The van der Waals surface area contributed by atoms with Gasteiger partial charge in [0.1, 0.15) is 0 Å². The molecule has 0 heterocycles. The van der Waals surface area contributed by atoms with Crippen LogP contribution in [0.15, 0.2) is 24.3 Å². The van der Waals surface area contributed by atoms with Gasteiger partial charge < -0.3 is 0 Å². The van der Waals surface area contributed by atoms with E-state index in [0.717, 1.165) is 5.92 Å². The third-order valence-corrected chi connectivity index (χ3v) is 5.80. The molecular formula is C15H22. The Labute approximate surface area is 93.5 Å². The van der Waals surface area contributed by atoms with Gasteiger partial charge >= 0.3 is 0 Å². The average Bonchev–Trinajstić information content (AvgIpc) is 2.88. The quantitative estimate of drug-likeness (QED) is 0.548. The van der Waals surface area contributed by atoms with Crippen LogP contribution >= 0.6 is 0 Å². The molecule has 2 fully saturated rings. The van der Waals surface area contributed by atoms with Crippen LogP contribution in [-0.2, 0) is 0 Å². The Morgan fingerprint density at radius 2 is 2.00 bits per heavy atom. The van der Waals surface area contributed by atoms with E-state index in [-0.39, 0.29) is 0 Å². The van der Waals surface area contributed by atoms with E-state index in [1.54, 1.807) is 0 Å². The van der Waals surface area contributed by atoms with Gasteiger partial charge in [-0.2, -0.15) is 0 Å². The SMILES string of the molecule is C=C1C=C[C@]2(C)CCCC(C)(C)[C@@]23C[C@@H]13. The first-order valence-corrected chi connectivity index (χ1v) is 6.31. The summed E-state index contributed by atoms with van der Waals surface area (Å²) >= 11 is 0. The molecule has 0 aliphatic heterocycles. The van der Waals surface area contributed by atoms with Crippen LogP contribution in [0, 0.1) is 22.2 Å². The lowest BCUT2D eigenvalue weighted by Gasteiger charge is -2.53. The molecule has 0 saturated heterocycles. The van der Waals surface area contributed by atoms with Gasteiger partial charge in [0.15, 0.2) is 0 Å². The van der Waals surface area contributed by atoms with Crippen molar-refractivity contribution in [1.29, 1.82) is 0 Å². The fourth-order valence-electron chi connectivity index (χ4n) is 4.85. The van der Waals surface area contributed by atoms with Crippen LogP contribution in [0.5, 0.6) is 0 Å². The predicted molar refractivity (Wildman–Crippen MR) is 64.6 cm³/mol. The maximum atomic E-state index is 4.23. The van der Waals surface area contributed by atoms with Crippen molar-refractivity contribution in [3.63, 3.8) is 0 Å². The molecule has 3 rings (SSSR count). The molecular weight excluding hydrogens is 180 g/mol. The molecule has 0 aromatic heterocycles. The van der Waals surface area contributed by atoms with Gasteiger partial charge in [-0.05, 0) is 41.4 Å². The Morgan fingerprint density at radius 3 is 2.73 bits per heavy atom. The first-order chi connectivity index (χ1) is 6.93. The Bertz CT molecular complexity index is 360. The van der Waals surface area contributed by atoms with E-state index in [1.807, 2.05) is 0 Å². The summed E-state index contributed by atoms with van der Waals surface area (Å²) < 4.78 is 0. The maximum absolute atomic E-state index is 4.23. The van der Waals surface area contributed by atoms with Gasteiger partial charge in [0.25, 0.3) is 0 Å². The highest BCUT2D eigenvalue weighted by Crippen LogP contribution is 2.79. The molecule has 3 aliphatic rings. The molecule has 0 aromatic carbocycles. The van der Waals surface area contributed by atoms with Gasteiger partial charge in [0, 0.05) is 0 Å². The maximum Gasteiger partial charge on any atom is -0.00757 e. The summed E-state index contributed by atoms with van der Waals surface area (Å²) in [5.41, 5.74) is 2.92. The van der Waals surface area contributed by atoms with Crippen molar-refractivity contribution in [2.75, 3.05) is 0 Å². The van der Waals surface area contributed by atoms with Crippen LogP contribution < -0.4 is 0 Å². The molecule has 0 aromatic rings. The molecule has 0 N–H and O–H groups in total. The zero-order chi connectivity index (χ0) is 10.9. The molecule has 0 unspecified atom stereocenters. The minimum atomic E-state index is 0.459. The second-order valence-electron chi connectivity index (χ2n) is 6.79. The Kier molecular flexibility index (Phi) is 1.56. The van der Waals surface area contributed by atoms with E-state index in [4.69, 9.17) is 0 Å². The van der Waals surface area contributed by atoms with Gasteiger partial charge in [0.2, 0.25) is 0 Å². The largest absolute Gasteiger partial charge is 0.0955 e. The summed E-state index contributed by atoms with van der Waals surface area (Å²) in [5, 5.41) is 0. The second-order valence-corrected chi connectivity index (χ2v) is 6.79. The first kappa shape index (κ1) is 9.69. The Morgan fingerprint density at radius 1 is 1.27 bits per heavy atom. The van der Waals surface area contributed by atoms with Gasteiger partial charge in [-0.15, -0.1) is 0 Å². The summed E-state index contributed by atoms with van der Waals surface area (Å²) in [6.07, 6.45) is 10.4. The molecule has 3 aliphatic carbocycles. The zero-order valence-corrected chi connectivity index (χ0v) is 10.3. The number of hydrogen-bond donors (Lipinski definition) is 0. The van der Waals surface area contributed by atoms with Crippen LogP contribution in [0.25, 0.3) is 0 Å². The van der Waals surface area contributed by atoms with E-state index in [1.165, 1.54) is 31.3 Å². The summed E-state index contributed by atoms with van der Waals surface area (Å²) in [5.74, 6) is 0.794. The van der Waals surface area contributed by atoms with E-state index in [9.17, 15) is 0 Å². The molecule has 0 radical (unpaired) electrons. The second kappa shape index (κ2) is 2.42. The van der Waals surface area contributed by atoms with Crippen LogP contribution in [0.1, 0.15) is 46.5 Å². The standard InChI is InChI=1S/C15H22/c1-11-6-9-14(4)8-5-7-13(2,3)15(14)10-12(11)15/h6,9,12H,1,5,7-8,10H2,2-4H3/t12-,14-,15-/m0/s1. The normalized spacial score (nSPS) is 50.9. The summed E-state index contributed by atoms with van der Waals surface area (Å²) in [6, 6.07) is 0. The minimum Gasteiger partial charge on any atom is -0.0955 e. The number of hydrogen-bond acceptors (Lipinski definition) is 0. The molecule has 0 nitrogen and oxygen atoms in total. The molecule has 3 atom stereocenters. The highest BCUT2D eigenvalue weighted by Gasteiger charge is 2.72. The highest BCUT2D eigenvalue weighted by molar-refractivity contribution is 5.41. The van der Waals surface area contributed by atoms with Crippen LogP contribution in [0.4, 0.5) is 0 Å². The van der Waals surface area contributed by atoms with Gasteiger partial charge in [0.05, 0.1) is 0 Å². The molecule has 82 valence electrons. The predicted octanol–water partition coefficient (Wildman–Crippen LogP) is 4.34. The average molecular weight is 202 g/mol. The van der Waals surface area contributed by atoms with Crippen LogP contribution in [-0.4, -0.2) is 0 Å². The molecule has 0 amide bonds. The lowest BCUT2D eigenvalue weighted by Crippen LogP contribution is -2.45. The molecule has 1 spiro atoms. The topological polar surface area (TPSA) is 0 Å². The zero-order valence-electron chi connectivity index (χ0n) is 10.3. The van der Waals surface area contributed by atoms with E-state index in [0.29, 0.717) is 16.2 Å². The van der Waals surface area contributed by atoms with E-state index in [2.05, 4.69) is 39.5 Å². The Balaban J connectivity index is 2.14. The van der Waals surface area contributed by atoms with Crippen molar-refractivity contribution in [3.05, 3.63) is 24.3 Å². The van der Waals surface area contributed by atoms with Crippen LogP contribution in [0.3, 0.4) is 0 Å². The van der Waals surface area contributed by atoms with E-state index < -0.39 is 0 Å². The molecule has 0 bridgehead atoms. The summed E-state index contributed by atoms with van der Waals surface area (Å²) in [6.45, 7) is 11.7. The Hall–Kier alpha value is -0.520. The van der Waals surface area contributed by atoms with Crippen molar-refractivity contribution in [2.45, 2.75) is 46.5 Å². The van der Waals surface area contributed by atoms with Crippen molar-refractivity contribution in [1.82, 2.24) is 0 Å². The van der Waals surface area contributed by atoms with Crippen LogP contribution in [0.2, 0.25) is 0 Å². The number of allylic oxidation sites excluding steroid dienone is 3. The smallest absolute Gasteiger partial charge is 0.00757 e. The van der Waals surface area contributed by atoms with Gasteiger partial charge in [-0.1, -0.05) is 51.5 Å². The van der Waals surface area contributed by atoms with Crippen molar-refractivity contribution >= 4 is 0 Å². The molecule has 0 heteroatoms. The van der Waals surface area contributed by atoms with Crippen molar-refractivity contribution in [3.8, 4) is 0 Å². The van der Waals surface area contributed by atoms with Crippen molar-refractivity contribution < 1.29 is 0 Å². The first-order valence-electron chi connectivity index (χ1n) is 6.31. The van der Waals surface area contributed by atoms with E-state index >= 15 is 0 Å². The van der Waals surface area contributed by atoms with Gasteiger partial charge in [-0.25, -0.2) is 0 Å². The molecule has 2 saturated carbocycles. The molecule has 15 heavy (non-hydrogen) atoms. The highest BCUT2D eigenvalue weighted by atomic mass is 14.8. The van der Waals surface area contributed by atoms with Gasteiger partial charge in [-0.3, -0.25) is 0 Å². The number of rotatable bonds is 0. The fraction of sp³-hybridized carbons (Fsp3) is 0.733. The third-order valence-electron chi connectivity index (χ3n) is 5.80. The van der Waals surface area contributed by atoms with Crippen molar-refractivity contribution in [2.24, 2.45) is 22.2 Å². The fourth-order valence-corrected chi connectivity index (χ4v) is 4.85. The summed E-state index contributed by atoms with van der Waals surface area (Å²) in [7, 11) is 0. The minimum absolute atomic E-state index is 0.459.